The molecule has 0 spiro atoms. The summed E-state index contributed by atoms with van der Waals surface area (Å²) in [4.78, 5) is 23.3. The van der Waals surface area contributed by atoms with Gasteiger partial charge in [-0.15, -0.1) is 0 Å². The van der Waals surface area contributed by atoms with E-state index in [-0.39, 0.29) is 22.3 Å². The molecule has 0 atom stereocenters. The largest absolute Gasteiger partial charge is 0.388 e. The maximum atomic E-state index is 11.7. The number of halogens is 2. The number of benzene rings is 1. The van der Waals surface area contributed by atoms with Gasteiger partial charge in [-0.25, -0.2) is 0 Å². The molecule has 0 bridgehead atoms. The number of carbonyl (C=O) groups is 2. The Bertz CT molecular complexity index is 544. The Labute approximate surface area is 126 Å². The first kappa shape index (κ1) is 15.1. The summed E-state index contributed by atoms with van der Waals surface area (Å²) in [6, 6.07) is 4.73. The quantitative estimate of drug-likeness (QED) is 0.746. The molecule has 1 aromatic carbocycles. The molecule has 1 saturated carbocycles. The zero-order valence-corrected chi connectivity index (χ0v) is 12.1. The van der Waals surface area contributed by atoms with Gasteiger partial charge in [0.15, 0.2) is 0 Å². The molecule has 2 amide bonds. The number of nitrogens with one attached hydrogen (secondary N) is 2. The van der Waals surface area contributed by atoms with Gasteiger partial charge < -0.3 is 15.7 Å². The van der Waals surface area contributed by atoms with E-state index in [2.05, 4.69) is 10.6 Å². The van der Waals surface area contributed by atoms with E-state index in [1.165, 1.54) is 0 Å². The minimum Gasteiger partial charge on any atom is -0.388 e. The van der Waals surface area contributed by atoms with Crippen molar-refractivity contribution in [1.82, 2.24) is 5.32 Å². The fraction of sp³-hybridized carbons (Fsp3) is 0.385. The molecule has 20 heavy (non-hydrogen) atoms. The first-order valence-electron chi connectivity index (χ1n) is 6.17. The summed E-state index contributed by atoms with van der Waals surface area (Å²) in [5.74, 6) is -1.67. The van der Waals surface area contributed by atoms with Crippen LogP contribution in [0.3, 0.4) is 0 Å². The van der Waals surface area contributed by atoms with E-state index < -0.39 is 17.4 Å². The standard InChI is InChI=1S/C13H14Cl2N2O3/c14-8-3-1-4-9(10(8)15)17-12(19)11(18)16-7-13(20)5-2-6-13/h1,3-4,20H,2,5-7H2,(H,16,18)(H,17,19). The highest BCUT2D eigenvalue weighted by molar-refractivity contribution is 6.45. The molecule has 2 rings (SSSR count). The van der Waals surface area contributed by atoms with Crippen LogP contribution >= 0.6 is 23.2 Å². The predicted octanol–water partition coefficient (Wildman–Crippen LogP) is 1.96. The van der Waals surface area contributed by atoms with Gasteiger partial charge in [-0.3, -0.25) is 9.59 Å². The number of hydrogen-bond acceptors (Lipinski definition) is 3. The molecule has 0 saturated heterocycles. The first-order chi connectivity index (χ1) is 9.41. The summed E-state index contributed by atoms with van der Waals surface area (Å²) in [5.41, 5.74) is -0.606. The molecular weight excluding hydrogens is 303 g/mol. The van der Waals surface area contributed by atoms with Gasteiger partial charge in [0, 0.05) is 6.54 Å². The van der Waals surface area contributed by atoms with Gasteiger partial charge in [0.05, 0.1) is 21.3 Å². The molecular formula is C13H14Cl2N2O3. The highest BCUT2D eigenvalue weighted by Crippen LogP contribution is 2.31. The lowest BCUT2D eigenvalue weighted by atomic mass is 9.80. The topological polar surface area (TPSA) is 78.4 Å². The highest BCUT2D eigenvalue weighted by atomic mass is 35.5. The van der Waals surface area contributed by atoms with Crippen molar-refractivity contribution in [2.75, 3.05) is 11.9 Å². The molecule has 1 aromatic rings. The lowest BCUT2D eigenvalue weighted by Crippen LogP contribution is -2.49. The maximum Gasteiger partial charge on any atom is 0.313 e. The van der Waals surface area contributed by atoms with E-state index >= 15 is 0 Å². The fourth-order valence-electron chi connectivity index (χ4n) is 1.87. The van der Waals surface area contributed by atoms with Gasteiger partial charge in [0.2, 0.25) is 0 Å². The zero-order chi connectivity index (χ0) is 14.8. The van der Waals surface area contributed by atoms with Crippen molar-refractivity contribution < 1.29 is 14.7 Å². The minimum absolute atomic E-state index is 0.0720. The third-order valence-electron chi connectivity index (χ3n) is 3.27. The smallest absolute Gasteiger partial charge is 0.313 e. The average Bonchev–Trinajstić information content (AvgIpc) is 2.39. The van der Waals surface area contributed by atoms with Crippen LogP contribution in [0.4, 0.5) is 5.69 Å². The number of carbonyl (C=O) groups excluding carboxylic acids is 2. The third kappa shape index (κ3) is 3.42. The lowest BCUT2D eigenvalue weighted by molar-refractivity contribution is -0.137. The second-order valence-corrected chi connectivity index (χ2v) is 5.60. The van der Waals surface area contributed by atoms with Crippen LogP contribution in [0, 0.1) is 0 Å². The Kier molecular flexibility index (Phi) is 4.52. The molecule has 108 valence electrons. The van der Waals surface area contributed by atoms with E-state index in [9.17, 15) is 14.7 Å². The molecule has 0 unspecified atom stereocenters. The number of aliphatic hydroxyl groups is 1. The Balaban J connectivity index is 1.90. The summed E-state index contributed by atoms with van der Waals surface area (Å²) in [6.07, 6.45) is 2.20. The molecule has 1 fully saturated rings. The van der Waals surface area contributed by atoms with Crippen molar-refractivity contribution in [3.05, 3.63) is 28.2 Å². The Morgan fingerprint density at radius 1 is 1.25 bits per heavy atom. The van der Waals surface area contributed by atoms with Crippen LogP contribution in [0.1, 0.15) is 19.3 Å². The lowest BCUT2D eigenvalue weighted by Gasteiger charge is -2.36. The second-order valence-electron chi connectivity index (χ2n) is 4.82. The Hall–Kier alpha value is -1.30. The van der Waals surface area contributed by atoms with E-state index in [1.807, 2.05) is 0 Å². The number of amides is 2. The summed E-state index contributed by atoms with van der Waals surface area (Å²) in [5, 5.41) is 15.1. The SMILES string of the molecule is O=C(NCC1(O)CCC1)C(=O)Nc1cccc(Cl)c1Cl. The number of rotatable bonds is 3. The molecule has 7 heteroatoms. The van der Waals surface area contributed by atoms with Crippen molar-refractivity contribution in [3.8, 4) is 0 Å². The van der Waals surface area contributed by atoms with E-state index in [4.69, 9.17) is 23.2 Å². The van der Waals surface area contributed by atoms with Crippen molar-refractivity contribution in [2.24, 2.45) is 0 Å². The van der Waals surface area contributed by atoms with Crippen LogP contribution in [0.15, 0.2) is 18.2 Å². The third-order valence-corrected chi connectivity index (χ3v) is 4.09. The highest BCUT2D eigenvalue weighted by Gasteiger charge is 2.35. The molecule has 0 aliphatic heterocycles. The Morgan fingerprint density at radius 2 is 1.95 bits per heavy atom. The minimum atomic E-state index is -0.871. The molecule has 0 heterocycles. The monoisotopic (exact) mass is 316 g/mol. The van der Waals surface area contributed by atoms with E-state index in [0.29, 0.717) is 12.8 Å². The van der Waals surface area contributed by atoms with Crippen LogP contribution < -0.4 is 10.6 Å². The van der Waals surface area contributed by atoms with Crippen molar-refractivity contribution in [2.45, 2.75) is 24.9 Å². The molecule has 3 N–H and O–H groups in total. The fourth-order valence-corrected chi connectivity index (χ4v) is 2.21. The van der Waals surface area contributed by atoms with Crippen LogP contribution in [-0.4, -0.2) is 29.1 Å². The van der Waals surface area contributed by atoms with Crippen LogP contribution in [-0.2, 0) is 9.59 Å². The average molecular weight is 317 g/mol. The normalized spacial score (nSPS) is 16.1. The van der Waals surface area contributed by atoms with Crippen LogP contribution in [0.25, 0.3) is 0 Å². The molecule has 0 aromatic heterocycles. The van der Waals surface area contributed by atoms with Crippen molar-refractivity contribution >= 4 is 40.7 Å². The molecule has 0 radical (unpaired) electrons. The Morgan fingerprint density at radius 3 is 2.55 bits per heavy atom. The molecule has 5 nitrogen and oxygen atoms in total. The maximum absolute atomic E-state index is 11.7. The van der Waals surface area contributed by atoms with E-state index in [0.717, 1.165) is 6.42 Å². The van der Waals surface area contributed by atoms with Gasteiger partial charge in [0.25, 0.3) is 0 Å². The van der Waals surface area contributed by atoms with E-state index in [1.54, 1.807) is 18.2 Å². The van der Waals surface area contributed by atoms with Gasteiger partial charge >= 0.3 is 11.8 Å². The van der Waals surface area contributed by atoms with Gasteiger partial charge in [-0.1, -0.05) is 29.3 Å². The van der Waals surface area contributed by atoms with Gasteiger partial charge in [-0.05, 0) is 31.4 Å². The molecule has 1 aliphatic rings. The number of anilines is 1. The summed E-state index contributed by atoms with van der Waals surface area (Å²) < 4.78 is 0. The summed E-state index contributed by atoms with van der Waals surface area (Å²) in [7, 11) is 0. The summed E-state index contributed by atoms with van der Waals surface area (Å²) in [6.45, 7) is 0.0720. The van der Waals surface area contributed by atoms with Crippen molar-refractivity contribution in [1.29, 1.82) is 0 Å². The van der Waals surface area contributed by atoms with Gasteiger partial charge in [0.1, 0.15) is 0 Å². The summed E-state index contributed by atoms with van der Waals surface area (Å²) >= 11 is 11.7. The van der Waals surface area contributed by atoms with Crippen molar-refractivity contribution in [3.63, 3.8) is 0 Å². The predicted molar refractivity (Wildman–Crippen MR) is 76.9 cm³/mol. The number of hydrogen-bond donors (Lipinski definition) is 3. The van der Waals surface area contributed by atoms with Crippen LogP contribution in [0.2, 0.25) is 10.0 Å². The van der Waals surface area contributed by atoms with Crippen LogP contribution in [0.5, 0.6) is 0 Å². The first-order valence-corrected chi connectivity index (χ1v) is 6.92. The molecule has 1 aliphatic carbocycles. The second kappa shape index (κ2) is 5.99. The van der Waals surface area contributed by atoms with Gasteiger partial charge in [-0.2, -0.15) is 0 Å². The zero-order valence-electron chi connectivity index (χ0n) is 10.6.